The van der Waals surface area contributed by atoms with Crippen molar-refractivity contribution < 1.29 is 19.4 Å². The Balaban J connectivity index is 1.27. The molecule has 1 fully saturated rings. The number of carbonyl (C=O) groups is 2. The van der Waals surface area contributed by atoms with Crippen LogP contribution in [0.15, 0.2) is 73.1 Å². The summed E-state index contributed by atoms with van der Waals surface area (Å²) in [6.45, 7) is 1.53. The van der Waals surface area contributed by atoms with E-state index in [1.807, 2.05) is 18.3 Å². The summed E-state index contributed by atoms with van der Waals surface area (Å²) in [5.41, 5.74) is 3.60. The smallest absolute Gasteiger partial charge is 0.449 e. The molecule has 2 aliphatic rings. The Hall–Kier alpha value is -4.01. The van der Waals surface area contributed by atoms with Gasteiger partial charge in [-0.15, -0.1) is 0 Å². The number of fused-ring (bicyclic) bond motifs is 2. The second-order valence-corrected chi connectivity index (χ2v) is 11.6. The van der Waals surface area contributed by atoms with Crippen LogP contribution in [0, 0.1) is 0 Å². The maximum Gasteiger partial charge on any atom is 0.511 e. The molecule has 42 heavy (non-hydrogen) atoms. The maximum atomic E-state index is 14.4. The van der Waals surface area contributed by atoms with Gasteiger partial charge in [0.2, 0.25) is 0 Å². The van der Waals surface area contributed by atoms with Gasteiger partial charge in [-0.1, -0.05) is 41.4 Å². The number of piperidine rings is 1. The predicted molar refractivity (Wildman–Crippen MR) is 165 cm³/mol. The van der Waals surface area contributed by atoms with Crippen LogP contribution in [-0.2, 0) is 6.42 Å². The zero-order chi connectivity index (χ0) is 29.4. The fourth-order valence-corrected chi connectivity index (χ4v) is 6.81. The summed E-state index contributed by atoms with van der Waals surface area (Å²) >= 11 is 13.4. The van der Waals surface area contributed by atoms with Crippen LogP contribution < -0.4 is 14.5 Å². The van der Waals surface area contributed by atoms with Gasteiger partial charge < -0.3 is 19.6 Å². The van der Waals surface area contributed by atoms with Crippen LogP contribution >= 0.6 is 23.2 Å². The van der Waals surface area contributed by atoms with Crippen molar-refractivity contribution in [2.75, 3.05) is 29.9 Å². The maximum absolute atomic E-state index is 14.4. The predicted octanol–water partition coefficient (Wildman–Crippen LogP) is 7.81. The van der Waals surface area contributed by atoms with Crippen LogP contribution in [0.4, 0.5) is 21.0 Å². The molecule has 2 heterocycles. The number of para-hydroxylation sites is 1. The Labute approximate surface area is 254 Å². The number of benzene rings is 3. The summed E-state index contributed by atoms with van der Waals surface area (Å²) in [5.74, 6) is 0.234. The lowest BCUT2D eigenvalue weighted by Gasteiger charge is -2.42. The monoisotopic (exact) mass is 604 g/mol. The Bertz CT molecular complexity index is 1640. The van der Waals surface area contributed by atoms with Crippen molar-refractivity contribution in [3.8, 4) is 5.75 Å². The van der Waals surface area contributed by atoms with Crippen LogP contribution in [0.25, 0.3) is 10.8 Å². The summed E-state index contributed by atoms with van der Waals surface area (Å²) < 4.78 is 4.90. The van der Waals surface area contributed by atoms with Crippen molar-refractivity contribution >= 4 is 57.5 Å². The number of nitrogens with zero attached hydrogens (tertiary/aromatic N) is 4. The molecule has 3 aromatic carbocycles. The number of hydrogen-bond donors (Lipinski definition) is 1. The Morgan fingerprint density at radius 3 is 2.48 bits per heavy atom. The quantitative estimate of drug-likeness (QED) is 0.185. The molecule has 0 saturated carbocycles. The first-order valence-electron chi connectivity index (χ1n) is 13.9. The molecule has 2 amide bonds. The first-order valence-corrected chi connectivity index (χ1v) is 14.7. The number of pyridine rings is 1. The van der Waals surface area contributed by atoms with Crippen molar-refractivity contribution in [1.29, 1.82) is 0 Å². The number of aromatic nitrogens is 1. The average Bonchev–Trinajstić information content (AvgIpc) is 3.41. The van der Waals surface area contributed by atoms with Gasteiger partial charge in [0.15, 0.2) is 0 Å². The van der Waals surface area contributed by atoms with Crippen LogP contribution in [0.2, 0.25) is 10.0 Å². The molecule has 6 rings (SSSR count). The fourth-order valence-electron chi connectivity index (χ4n) is 6.23. The van der Waals surface area contributed by atoms with Crippen LogP contribution in [0.3, 0.4) is 0 Å². The number of halogens is 2. The normalized spacial score (nSPS) is 16.7. The van der Waals surface area contributed by atoms with Gasteiger partial charge in [0.25, 0.3) is 0 Å². The highest BCUT2D eigenvalue weighted by atomic mass is 35.5. The molecule has 1 unspecified atom stereocenters. The highest BCUT2D eigenvalue weighted by Gasteiger charge is 2.37. The van der Waals surface area contributed by atoms with Crippen molar-refractivity contribution in [2.24, 2.45) is 0 Å². The van der Waals surface area contributed by atoms with E-state index in [1.165, 1.54) is 0 Å². The van der Waals surface area contributed by atoms with Crippen molar-refractivity contribution in [3.63, 3.8) is 0 Å². The van der Waals surface area contributed by atoms with Crippen molar-refractivity contribution in [2.45, 2.75) is 37.8 Å². The standard InChI is InChI=1S/C32H30Cl2N4O4/c1-36(29-10-7-20-6-9-25(18-26(20)29)42-32(40)41)31(39)38(30-27(33)3-2-4-28(30)34)23-12-15-37(16-13-23)24-8-5-22-19-35-14-11-21(22)17-24/h2-6,8-9,11,14,17-19,23,29H,7,10,12-13,15-16H2,1H3,(H,40,41). The Morgan fingerprint density at radius 2 is 1.74 bits per heavy atom. The van der Waals surface area contributed by atoms with E-state index >= 15 is 0 Å². The molecule has 1 aliphatic carbocycles. The Kier molecular flexibility index (Phi) is 7.84. The molecule has 8 nitrogen and oxygen atoms in total. The molecule has 1 aromatic heterocycles. The van der Waals surface area contributed by atoms with Gasteiger partial charge in [-0.05, 0) is 84.7 Å². The minimum atomic E-state index is -1.37. The SMILES string of the molecule is CN(C(=O)N(c1c(Cl)cccc1Cl)C1CCN(c2ccc3cnccc3c2)CC1)C1CCc2ccc(OC(=O)O)cc21. The van der Waals surface area contributed by atoms with Crippen LogP contribution in [0.1, 0.15) is 36.4 Å². The molecule has 1 saturated heterocycles. The van der Waals surface area contributed by atoms with E-state index in [2.05, 4.69) is 28.1 Å². The highest BCUT2D eigenvalue weighted by molar-refractivity contribution is 6.40. The molecular weight excluding hydrogens is 575 g/mol. The number of carboxylic acid groups (broad SMARTS) is 1. The minimum absolute atomic E-state index is 0.124. The second kappa shape index (κ2) is 11.7. The lowest BCUT2D eigenvalue weighted by molar-refractivity contribution is 0.144. The summed E-state index contributed by atoms with van der Waals surface area (Å²) in [7, 11) is 1.78. The van der Waals surface area contributed by atoms with Crippen molar-refractivity contribution in [1.82, 2.24) is 9.88 Å². The van der Waals surface area contributed by atoms with E-state index < -0.39 is 6.16 Å². The molecule has 4 aromatic rings. The summed E-state index contributed by atoms with van der Waals surface area (Å²) in [4.78, 5) is 35.6. The number of anilines is 2. The molecule has 1 atom stereocenters. The zero-order valence-electron chi connectivity index (χ0n) is 23.0. The molecule has 1 aliphatic heterocycles. The molecular formula is C32H30Cl2N4O4. The number of amides is 2. The van der Waals surface area contributed by atoms with Gasteiger partial charge in [-0.3, -0.25) is 9.88 Å². The summed E-state index contributed by atoms with van der Waals surface area (Å²) in [6.07, 6.45) is 5.24. The summed E-state index contributed by atoms with van der Waals surface area (Å²) in [6, 6.07) is 18.3. The Morgan fingerprint density at radius 1 is 0.976 bits per heavy atom. The first-order chi connectivity index (χ1) is 20.3. The van der Waals surface area contributed by atoms with E-state index in [1.54, 1.807) is 53.4 Å². The second-order valence-electron chi connectivity index (χ2n) is 10.7. The van der Waals surface area contributed by atoms with E-state index in [0.29, 0.717) is 22.2 Å². The highest BCUT2D eigenvalue weighted by Crippen LogP contribution is 2.41. The van der Waals surface area contributed by atoms with Gasteiger partial charge >= 0.3 is 12.2 Å². The third kappa shape index (κ3) is 5.44. The number of rotatable bonds is 5. The van der Waals surface area contributed by atoms with E-state index in [0.717, 1.165) is 59.9 Å². The van der Waals surface area contributed by atoms with Gasteiger partial charge in [0.05, 0.1) is 21.8 Å². The van der Waals surface area contributed by atoms with Gasteiger partial charge in [0.1, 0.15) is 5.75 Å². The van der Waals surface area contributed by atoms with Gasteiger partial charge in [-0.25, -0.2) is 9.59 Å². The van der Waals surface area contributed by atoms with Gasteiger partial charge in [-0.2, -0.15) is 0 Å². The van der Waals surface area contributed by atoms with Crippen LogP contribution in [-0.4, -0.2) is 53.4 Å². The number of aryl methyl sites for hydroxylation is 1. The average molecular weight is 606 g/mol. The molecule has 1 N–H and O–H groups in total. The zero-order valence-corrected chi connectivity index (χ0v) is 24.6. The number of ether oxygens (including phenoxy) is 1. The van der Waals surface area contributed by atoms with Crippen LogP contribution in [0.5, 0.6) is 5.75 Å². The van der Waals surface area contributed by atoms with E-state index in [-0.39, 0.29) is 23.9 Å². The molecule has 0 bridgehead atoms. The number of hydrogen-bond acceptors (Lipinski definition) is 5. The lowest BCUT2D eigenvalue weighted by atomic mass is 10.0. The van der Waals surface area contributed by atoms with Crippen molar-refractivity contribution in [3.05, 3.63) is 94.2 Å². The third-order valence-corrected chi connectivity index (χ3v) is 8.95. The molecule has 0 spiro atoms. The lowest BCUT2D eigenvalue weighted by Crippen LogP contribution is -2.52. The number of carbonyl (C=O) groups excluding carboxylic acids is 1. The largest absolute Gasteiger partial charge is 0.511 e. The minimum Gasteiger partial charge on any atom is -0.449 e. The molecule has 10 heteroatoms. The molecule has 0 radical (unpaired) electrons. The van der Waals surface area contributed by atoms with E-state index in [4.69, 9.17) is 33.0 Å². The third-order valence-electron chi connectivity index (χ3n) is 8.34. The first kappa shape index (κ1) is 28.1. The van der Waals surface area contributed by atoms with E-state index in [9.17, 15) is 9.59 Å². The summed E-state index contributed by atoms with van der Waals surface area (Å²) in [5, 5.41) is 12.2. The van der Waals surface area contributed by atoms with Gasteiger partial charge in [0, 0.05) is 49.6 Å². The molecule has 216 valence electrons. The number of urea groups is 1. The fraction of sp³-hybridized carbons (Fsp3) is 0.281. The topological polar surface area (TPSA) is 86.2 Å².